The molecule has 1 heterocycles. The SMILES string of the molecule is CCCC1CCC(C(=O)N(CCO)Cc2cnc(C)[nH]2)CC1. The minimum atomic E-state index is 0.00401. The Morgan fingerprint density at radius 1 is 1.41 bits per heavy atom. The number of aliphatic hydroxyl groups excluding tert-OH is 1. The van der Waals surface area contributed by atoms with Crippen LogP contribution < -0.4 is 0 Å². The van der Waals surface area contributed by atoms with E-state index < -0.39 is 0 Å². The van der Waals surface area contributed by atoms with Crippen LogP contribution in [0, 0.1) is 18.8 Å². The monoisotopic (exact) mass is 307 g/mol. The molecule has 2 rings (SSSR count). The molecule has 0 bridgehead atoms. The molecule has 1 amide bonds. The molecule has 0 aliphatic heterocycles. The molecule has 1 aliphatic rings. The Morgan fingerprint density at radius 2 is 2.14 bits per heavy atom. The van der Waals surface area contributed by atoms with Gasteiger partial charge in [-0.05, 0) is 38.5 Å². The number of imidazole rings is 1. The Bertz CT molecular complexity index is 464. The van der Waals surface area contributed by atoms with Crippen LogP contribution in [0.5, 0.6) is 0 Å². The highest BCUT2D eigenvalue weighted by atomic mass is 16.3. The number of hydrogen-bond acceptors (Lipinski definition) is 3. The number of carbonyl (C=O) groups is 1. The van der Waals surface area contributed by atoms with Crippen LogP contribution in [0.15, 0.2) is 6.20 Å². The number of aliphatic hydroxyl groups is 1. The van der Waals surface area contributed by atoms with Crippen LogP contribution in [0.25, 0.3) is 0 Å². The standard InChI is InChI=1S/C17H29N3O2/c1-3-4-14-5-7-15(8-6-14)17(22)20(9-10-21)12-16-11-18-13(2)19-16/h11,14-15,21H,3-10,12H2,1-2H3,(H,18,19). The number of hydrogen-bond donors (Lipinski definition) is 2. The molecule has 5 nitrogen and oxygen atoms in total. The molecule has 22 heavy (non-hydrogen) atoms. The molecule has 1 fully saturated rings. The summed E-state index contributed by atoms with van der Waals surface area (Å²) in [5, 5.41) is 9.26. The van der Waals surface area contributed by atoms with Gasteiger partial charge in [-0.15, -0.1) is 0 Å². The maximum Gasteiger partial charge on any atom is 0.226 e. The first-order chi connectivity index (χ1) is 10.6. The highest BCUT2D eigenvalue weighted by molar-refractivity contribution is 5.78. The topological polar surface area (TPSA) is 69.2 Å². The summed E-state index contributed by atoms with van der Waals surface area (Å²) < 4.78 is 0. The maximum absolute atomic E-state index is 12.7. The molecule has 0 spiro atoms. The summed E-state index contributed by atoms with van der Waals surface area (Å²) in [7, 11) is 0. The lowest BCUT2D eigenvalue weighted by Gasteiger charge is -2.31. The van der Waals surface area contributed by atoms with E-state index in [-0.39, 0.29) is 18.4 Å². The molecule has 0 atom stereocenters. The van der Waals surface area contributed by atoms with E-state index in [1.165, 1.54) is 25.7 Å². The Labute approximate surface area is 133 Å². The minimum Gasteiger partial charge on any atom is -0.395 e. The lowest BCUT2D eigenvalue weighted by Crippen LogP contribution is -2.39. The second-order valence-corrected chi connectivity index (χ2v) is 6.48. The molecule has 0 unspecified atom stereocenters. The third-order valence-corrected chi connectivity index (χ3v) is 4.69. The van der Waals surface area contributed by atoms with Crippen molar-refractivity contribution in [2.45, 2.75) is 58.9 Å². The van der Waals surface area contributed by atoms with E-state index in [1.54, 1.807) is 11.1 Å². The molecular weight excluding hydrogens is 278 g/mol. The van der Waals surface area contributed by atoms with E-state index in [1.807, 2.05) is 6.92 Å². The van der Waals surface area contributed by atoms with Gasteiger partial charge in [0.2, 0.25) is 5.91 Å². The summed E-state index contributed by atoms with van der Waals surface area (Å²) in [6, 6.07) is 0. The minimum absolute atomic E-state index is 0.00401. The predicted octanol–water partition coefficient (Wildman–Crippen LogP) is 2.65. The molecule has 1 saturated carbocycles. The van der Waals surface area contributed by atoms with Crippen molar-refractivity contribution in [2.75, 3.05) is 13.2 Å². The smallest absolute Gasteiger partial charge is 0.226 e. The van der Waals surface area contributed by atoms with Gasteiger partial charge in [-0.2, -0.15) is 0 Å². The number of aryl methyl sites for hydroxylation is 1. The van der Waals surface area contributed by atoms with Gasteiger partial charge in [0.25, 0.3) is 0 Å². The molecule has 0 aromatic carbocycles. The first-order valence-corrected chi connectivity index (χ1v) is 8.54. The Balaban J connectivity index is 1.92. The maximum atomic E-state index is 12.7. The molecule has 124 valence electrons. The molecule has 1 aromatic rings. The third-order valence-electron chi connectivity index (χ3n) is 4.69. The van der Waals surface area contributed by atoms with Crippen LogP contribution in [0.2, 0.25) is 0 Å². The van der Waals surface area contributed by atoms with Gasteiger partial charge in [-0.1, -0.05) is 19.8 Å². The predicted molar refractivity (Wildman–Crippen MR) is 86.2 cm³/mol. The van der Waals surface area contributed by atoms with E-state index in [0.717, 1.165) is 30.3 Å². The van der Waals surface area contributed by atoms with E-state index >= 15 is 0 Å². The molecule has 1 aliphatic carbocycles. The zero-order valence-electron chi connectivity index (χ0n) is 13.8. The van der Waals surface area contributed by atoms with E-state index in [4.69, 9.17) is 0 Å². The van der Waals surface area contributed by atoms with Gasteiger partial charge in [0.15, 0.2) is 0 Å². The van der Waals surface area contributed by atoms with Gasteiger partial charge in [0, 0.05) is 12.5 Å². The lowest BCUT2D eigenvalue weighted by atomic mass is 9.79. The number of aromatic amines is 1. The second-order valence-electron chi connectivity index (χ2n) is 6.48. The van der Waals surface area contributed by atoms with Gasteiger partial charge in [-0.3, -0.25) is 4.79 Å². The summed E-state index contributed by atoms with van der Waals surface area (Å²) in [5.74, 6) is 1.97. The fraction of sp³-hybridized carbons (Fsp3) is 0.765. The number of nitrogens with zero attached hydrogens (tertiary/aromatic N) is 2. The Morgan fingerprint density at radius 3 is 2.68 bits per heavy atom. The first-order valence-electron chi connectivity index (χ1n) is 8.54. The van der Waals surface area contributed by atoms with Crippen molar-refractivity contribution in [3.8, 4) is 0 Å². The number of aromatic nitrogens is 2. The number of H-pyrrole nitrogens is 1. The van der Waals surface area contributed by atoms with Crippen LogP contribution in [0.3, 0.4) is 0 Å². The van der Waals surface area contributed by atoms with Crippen molar-refractivity contribution in [2.24, 2.45) is 11.8 Å². The fourth-order valence-electron chi connectivity index (χ4n) is 3.51. The van der Waals surface area contributed by atoms with Crippen molar-refractivity contribution in [3.63, 3.8) is 0 Å². The number of amides is 1. The normalized spacial score (nSPS) is 21.8. The van der Waals surface area contributed by atoms with Crippen molar-refractivity contribution in [1.29, 1.82) is 0 Å². The quantitative estimate of drug-likeness (QED) is 0.813. The van der Waals surface area contributed by atoms with Gasteiger partial charge in [0.05, 0.1) is 25.0 Å². The largest absolute Gasteiger partial charge is 0.395 e. The second kappa shape index (κ2) is 8.32. The average molecular weight is 307 g/mol. The van der Waals surface area contributed by atoms with E-state index in [0.29, 0.717) is 13.1 Å². The van der Waals surface area contributed by atoms with Crippen LogP contribution in [0.1, 0.15) is 57.0 Å². The third kappa shape index (κ3) is 4.57. The molecular formula is C17H29N3O2. The molecule has 2 N–H and O–H groups in total. The fourth-order valence-corrected chi connectivity index (χ4v) is 3.51. The summed E-state index contributed by atoms with van der Waals surface area (Å²) in [6.07, 6.45) is 8.61. The van der Waals surface area contributed by atoms with Crippen molar-refractivity contribution in [3.05, 3.63) is 17.7 Å². The Hall–Kier alpha value is -1.36. The van der Waals surface area contributed by atoms with Crippen molar-refractivity contribution in [1.82, 2.24) is 14.9 Å². The molecule has 0 saturated heterocycles. The number of rotatable bonds is 7. The first kappa shape index (κ1) is 17.0. The van der Waals surface area contributed by atoms with Gasteiger partial charge in [0.1, 0.15) is 5.82 Å². The van der Waals surface area contributed by atoms with Crippen LogP contribution in [-0.4, -0.2) is 39.0 Å². The number of carbonyl (C=O) groups excluding carboxylic acids is 1. The highest BCUT2D eigenvalue weighted by Gasteiger charge is 2.29. The van der Waals surface area contributed by atoms with Crippen LogP contribution in [0.4, 0.5) is 0 Å². The van der Waals surface area contributed by atoms with Crippen LogP contribution in [-0.2, 0) is 11.3 Å². The number of nitrogens with one attached hydrogen (secondary N) is 1. The van der Waals surface area contributed by atoms with Gasteiger partial charge in [-0.25, -0.2) is 4.98 Å². The van der Waals surface area contributed by atoms with Gasteiger partial charge >= 0.3 is 0 Å². The van der Waals surface area contributed by atoms with Crippen molar-refractivity contribution < 1.29 is 9.90 Å². The molecule has 5 heteroatoms. The highest BCUT2D eigenvalue weighted by Crippen LogP contribution is 2.32. The van der Waals surface area contributed by atoms with Gasteiger partial charge < -0.3 is 15.0 Å². The molecule has 0 radical (unpaired) electrons. The van der Waals surface area contributed by atoms with E-state index in [9.17, 15) is 9.90 Å². The average Bonchev–Trinajstić information content (AvgIpc) is 2.92. The summed E-state index contributed by atoms with van der Waals surface area (Å²) in [6.45, 7) is 5.04. The van der Waals surface area contributed by atoms with Crippen molar-refractivity contribution >= 4 is 5.91 Å². The molecule has 1 aromatic heterocycles. The zero-order chi connectivity index (χ0) is 15.9. The lowest BCUT2D eigenvalue weighted by molar-refractivity contribution is -0.138. The Kier molecular flexibility index (Phi) is 6.43. The summed E-state index contributed by atoms with van der Waals surface area (Å²) in [5.41, 5.74) is 0.930. The van der Waals surface area contributed by atoms with Crippen LogP contribution >= 0.6 is 0 Å². The zero-order valence-corrected chi connectivity index (χ0v) is 13.8. The summed E-state index contributed by atoms with van der Waals surface area (Å²) >= 11 is 0. The van der Waals surface area contributed by atoms with E-state index in [2.05, 4.69) is 16.9 Å². The summed E-state index contributed by atoms with van der Waals surface area (Å²) in [4.78, 5) is 21.9.